The van der Waals surface area contributed by atoms with E-state index in [0.717, 1.165) is 58.7 Å². The summed E-state index contributed by atoms with van der Waals surface area (Å²) in [6.45, 7) is 2.63. The molecule has 4 aromatic rings. The van der Waals surface area contributed by atoms with E-state index in [-0.39, 0.29) is 5.91 Å². The summed E-state index contributed by atoms with van der Waals surface area (Å²) in [6.07, 6.45) is 2.34. The maximum atomic E-state index is 12.3. The Labute approximate surface area is 182 Å². The minimum Gasteiger partial charge on any atom is -0.497 e. The van der Waals surface area contributed by atoms with Crippen molar-refractivity contribution >= 4 is 17.0 Å². The lowest BCUT2D eigenvalue weighted by atomic mass is 9.99. The van der Waals surface area contributed by atoms with Crippen LogP contribution in [0.25, 0.3) is 22.2 Å². The third-order valence-electron chi connectivity index (χ3n) is 5.28. The van der Waals surface area contributed by atoms with Crippen LogP contribution in [0.4, 0.5) is 0 Å². The van der Waals surface area contributed by atoms with Gasteiger partial charge >= 0.3 is 0 Å². The highest BCUT2D eigenvalue weighted by atomic mass is 16.5. The van der Waals surface area contributed by atoms with E-state index in [0.29, 0.717) is 12.1 Å². The second-order valence-corrected chi connectivity index (χ2v) is 7.40. The summed E-state index contributed by atoms with van der Waals surface area (Å²) in [6, 6.07) is 21.5. The maximum absolute atomic E-state index is 12.3. The smallest absolute Gasteiger partial charge is 0.251 e. The van der Waals surface area contributed by atoms with Gasteiger partial charge < -0.3 is 14.5 Å². The number of carbonyl (C=O) groups excluding carboxylic acids is 1. The van der Waals surface area contributed by atoms with Crippen LogP contribution in [0, 0.1) is 0 Å². The molecule has 3 aromatic carbocycles. The second-order valence-electron chi connectivity index (χ2n) is 7.40. The lowest BCUT2D eigenvalue weighted by Crippen LogP contribution is -2.24. The number of amides is 1. The maximum Gasteiger partial charge on any atom is 0.251 e. The average Bonchev–Trinajstić information content (AvgIpc) is 3.25. The van der Waals surface area contributed by atoms with Crippen LogP contribution in [0.2, 0.25) is 0 Å². The highest BCUT2D eigenvalue weighted by Crippen LogP contribution is 2.30. The summed E-state index contributed by atoms with van der Waals surface area (Å²) in [7, 11) is 1.66. The molecule has 1 aromatic heterocycles. The fourth-order valence-electron chi connectivity index (χ4n) is 3.61. The number of fused-ring (bicyclic) bond motifs is 1. The third kappa shape index (κ3) is 4.77. The first kappa shape index (κ1) is 20.7. The minimum absolute atomic E-state index is 0.0503. The largest absolute Gasteiger partial charge is 0.497 e. The van der Waals surface area contributed by atoms with Crippen molar-refractivity contribution in [3.8, 4) is 16.9 Å². The van der Waals surface area contributed by atoms with Crippen LogP contribution in [0.1, 0.15) is 35.2 Å². The molecule has 4 rings (SSSR count). The molecular formula is C26H26N2O3. The van der Waals surface area contributed by atoms with Crippen molar-refractivity contribution in [3.05, 3.63) is 83.7 Å². The van der Waals surface area contributed by atoms with E-state index in [2.05, 4.69) is 22.4 Å². The Morgan fingerprint density at radius 1 is 1.03 bits per heavy atom. The molecule has 0 bridgehead atoms. The van der Waals surface area contributed by atoms with Crippen molar-refractivity contribution in [3.63, 3.8) is 0 Å². The zero-order chi connectivity index (χ0) is 21.6. The molecular weight excluding hydrogens is 388 g/mol. The highest BCUT2D eigenvalue weighted by Gasteiger charge is 2.13. The Kier molecular flexibility index (Phi) is 6.32. The van der Waals surface area contributed by atoms with Crippen LogP contribution in [0.15, 0.2) is 71.1 Å². The fraction of sp³-hybridized carbons (Fsp3) is 0.231. The van der Waals surface area contributed by atoms with Crippen molar-refractivity contribution < 1.29 is 13.9 Å². The second kappa shape index (κ2) is 9.47. The number of aryl methyl sites for hydroxylation is 2. The lowest BCUT2D eigenvalue weighted by Gasteiger charge is -2.09. The van der Waals surface area contributed by atoms with Crippen molar-refractivity contribution in [1.82, 2.24) is 10.3 Å². The lowest BCUT2D eigenvalue weighted by molar-refractivity contribution is 0.0953. The molecule has 0 fully saturated rings. The predicted octanol–water partition coefficient (Wildman–Crippen LogP) is 5.43. The SMILES string of the molecule is CCc1nc2cc(-c3ccc(OC)cc3)cc(CCCNC(=O)c3ccccc3)c2o1. The molecule has 5 heteroatoms. The molecule has 158 valence electrons. The molecule has 5 nitrogen and oxygen atoms in total. The highest BCUT2D eigenvalue weighted by molar-refractivity contribution is 5.94. The van der Waals surface area contributed by atoms with Crippen molar-refractivity contribution in [2.45, 2.75) is 26.2 Å². The van der Waals surface area contributed by atoms with Crippen LogP contribution in [-0.2, 0) is 12.8 Å². The van der Waals surface area contributed by atoms with Crippen LogP contribution in [-0.4, -0.2) is 24.5 Å². The number of benzene rings is 3. The summed E-state index contributed by atoms with van der Waals surface area (Å²) in [4.78, 5) is 16.9. The molecule has 31 heavy (non-hydrogen) atoms. The zero-order valence-corrected chi connectivity index (χ0v) is 17.9. The molecule has 1 amide bonds. The third-order valence-corrected chi connectivity index (χ3v) is 5.28. The normalized spacial score (nSPS) is 10.9. The van der Waals surface area contributed by atoms with E-state index in [9.17, 15) is 4.79 Å². The van der Waals surface area contributed by atoms with E-state index in [1.807, 2.05) is 61.5 Å². The standard InChI is InChI=1S/C26H26N2O3/c1-3-24-28-23-17-21(18-11-13-22(30-2)14-12-18)16-20(25(23)31-24)10-7-15-27-26(29)19-8-5-4-6-9-19/h4-6,8-9,11-14,16-17H,3,7,10,15H2,1-2H3,(H,27,29). The van der Waals surface area contributed by atoms with Gasteiger partial charge in [0.25, 0.3) is 5.91 Å². The van der Waals surface area contributed by atoms with Crippen molar-refractivity contribution in [2.24, 2.45) is 0 Å². The summed E-state index contributed by atoms with van der Waals surface area (Å²) < 4.78 is 11.3. The molecule has 1 N–H and O–H groups in total. The average molecular weight is 415 g/mol. The van der Waals surface area contributed by atoms with Crippen LogP contribution < -0.4 is 10.1 Å². The molecule has 0 spiro atoms. The van der Waals surface area contributed by atoms with E-state index in [1.165, 1.54) is 0 Å². The van der Waals surface area contributed by atoms with E-state index in [4.69, 9.17) is 9.15 Å². The Bertz CT molecular complexity index is 1160. The molecule has 0 unspecified atom stereocenters. The van der Waals surface area contributed by atoms with Crippen LogP contribution in [0.3, 0.4) is 0 Å². The first-order chi connectivity index (χ1) is 15.2. The summed E-state index contributed by atoms with van der Waals surface area (Å²) in [5, 5.41) is 2.99. The van der Waals surface area contributed by atoms with Gasteiger partial charge in [-0.3, -0.25) is 4.79 Å². The first-order valence-electron chi connectivity index (χ1n) is 10.6. The van der Waals surface area contributed by atoms with Gasteiger partial charge in [-0.15, -0.1) is 0 Å². The summed E-state index contributed by atoms with van der Waals surface area (Å²) in [5.41, 5.74) is 5.67. The Hall–Kier alpha value is -3.60. The van der Waals surface area contributed by atoms with Gasteiger partial charge in [0.15, 0.2) is 11.5 Å². The van der Waals surface area contributed by atoms with Gasteiger partial charge in [-0.1, -0.05) is 37.3 Å². The van der Waals surface area contributed by atoms with Gasteiger partial charge in [-0.05, 0) is 65.9 Å². The van der Waals surface area contributed by atoms with Gasteiger partial charge in [0, 0.05) is 18.5 Å². The van der Waals surface area contributed by atoms with E-state index >= 15 is 0 Å². The molecule has 0 aliphatic rings. The Balaban J connectivity index is 1.52. The van der Waals surface area contributed by atoms with Crippen molar-refractivity contribution in [1.29, 1.82) is 0 Å². The quantitative estimate of drug-likeness (QED) is 0.391. The number of ether oxygens (including phenoxy) is 1. The predicted molar refractivity (Wildman–Crippen MR) is 122 cm³/mol. The Morgan fingerprint density at radius 3 is 2.52 bits per heavy atom. The van der Waals surface area contributed by atoms with Gasteiger partial charge in [0.1, 0.15) is 11.3 Å². The molecule has 0 atom stereocenters. The number of aromatic nitrogens is 1. The monoisotopic (exact) mass is 414 g/mol. The number of rotatable bonds is 8. The first-order valence-corrected chi connectivity index (χ1v) is 10.6. The Morgan fingerprint density at radius 2 is 1.81 bits per heavy atom. The number of oxazole rings is 1. The molecule has 0 saturated carbocycles. The minimum atomic E-state index is -0.0503. The summed E-state index contributed by atoms with van der Waals surface area (Å²) >= 11 is 0. The molecule has 0 aliphatic carbocycles. The van der Waals surface area contributed by atoms with Gasteiger partial charge in [-0.25, -0.2) is 4.98 Å². The molecule has 0 radical (unpaired) electrons. The number of methoxy groups -OCH3 is 1. The van der Waals surface area contributed by atoms with Crippen LogP contribution in [0.5, 0.6) is 5.75 Å². The topological polar surface area (TPSA) is 64.4 Å². The number of nitrogens with one attached hydrogen (secondary N) is 1. The molecule has 1 heterocycles. The van der Waals surface area contributed by atoms with Crippen LogP contribution >= 0.6 is 0 Å². The fourth-order valence-corrected chi connectivity index (χ4v) is 3.61. The summed E-state index contributed by atoms with van der Waals surface area (Å²) in [5.74, 6) is 1.51. The van der Waals surface area contributed by atoms with Gasteiger partial charge in [-0.2, -0.15) is 0 Å². The number of nitrogens with zero attached hydrogens (tertiary/aromatic N) is 1. The number of carbonyl (C=O) groups is 1. The zero-order valence-electron chi connectivity index (χ0n) is 17.9. The van der Waals surface area contributed by atoms with Gasteiger partial charge in [0.05, 0.1) is 7.11 Å². The number of hydrogen-bond donors (Lipinski definition) is 1. The van der Waals surface area contributed by atoms with E-state index in [1.54, 1.807) is 7.11 Å². The number of hydrogen-bond acceptors (Lipinski definition) is 4. The van der Waals surface area contributed by atoms with Gasteiger partial charge in [0.2, 0.25) is 0 Å². The van der Waals surface area contributed by atoms with E-state index < -0.39 is 0 Å². The molecule has 0 aliphatic heterocycles. The molecule has 0 saturated heterocycles. The van der Waals surface area contributed by atoms with Crippen molar-refractivity contribution in [2.75, 3.05) is 13.7 Å².